The van der Waals surface area contributed by atoms with Gasteiger partial charge in [0.1, 0.15) is 0 Å². The van der Waals surface area contributed by atoms with Crippen molar-refractivity contribution < 1.29 is 0 Å². The van der Waals surface area contributed by atoms with Crippen molar-refractivity contribution in [1.29, 1.82) is 0 Å². The van der Waals surface area contributed by atoms with Gasteiger partial charge in [-0.25, -0.2) is 4.68 Å². The normalized spacial score (nSPS) is 10.2. The van der Waals surface area contributed by atoms with Crippen LogP contribution in [0.1, 0.15) is 13.8 Å². The molecular weight excluding hydrogens is 158 g/mol. The molecule has 5 nitrogen and oxygen atoms in total. The van der Waals surface area contributed by atoms with E-state index >= 15 is 0 Å². The largest absolute Gasteiger partial charge is 0.332 e. The molecule has 0 unspecified atom stereocenters. The molecule has 1 heterocycles. The molecule has 0 fully saturated rings. The minimum absolute atomic E-state index is 0.398. The lowest BCUT2D eigenvalue weighted by Crippen LogP contribution is -2.42. The number of aromatic nitrogens is 3. The molecule has 0 saturated heterocycles. The van der Waals surface area contributed by atoms with E-state index < -0.39 is 11.1 Å². The third-order valence-corrected chi connectivity index (χ3v) is 1.56. The van der Waals surface area contributed by atoms with Crippen molar-refractivity contribution in [2.24, 2.45) is 0 Å². The molecule has 0 amide bonds. The van der Waals surface area contributed by atoms with E-state index in [1.165, 1.54) is 0 Å². The first-order valence-corrected chi connectivity index (χ1v) is 3.80. The average Bonchev–Trinajstić information content (AvgIpc) is 2.10. The molecule has 0 aliphatic carbocycles. The molecule has 12 heavy (non-hydrogen) atoms. The van der Waals surface area contributed by atoms with Crippen LogP contribution in [0.3, 0.4) is 0 Å². The summed E-state index contributed by atoms with van der Waals surface area (Å²) >= 11 is 0. The van der Waals surface area contributed by atoms with Gasteiger partial charge < -0.3 is 0 Å². The van der Waals surface area contributed by atoms with Crippen LogP contribution in [-0.4, -0.2) is 14.3 Å². The van der Waals surface area contributed by atoms with Crippen LogP contribution < -0.4 is 11.1 Å². The Bertz CT molecular complexity index is 340. The summed E-state index contributed by atoms with van der Waals surface area (Å²) in [6, 6.07) is 0. The van der Waals surface area contributed by atoms with E-state index in [4.69, 9.17) is 0 Å². The lowest BCUT2D eigenvalue weighted by atomic mass is 10.6. The second-order valence-corrected chi connectivity index (χ2v) is 2.27. The topological polar surface area (TPSA) is 56.9 Å². The molecule has 1 rings (SSSR count). The maximum Gasteiger partial charge on any atom is 0.332 e. The Balaban J connectivity index is 3.41. The standard InChI is InChI=1S/C7H10N3O2/c1-3-9-5-8-10(4-2)7(12)6(9)11/h3-4H2,1-2H3. The van der Waals surface area contributed by atoms with Gasteiger partial charge in [-0.2, -0.15) is 0 Å². The van der Waals surface area contributed by atoms with Gasteiger partial charge in [0.15, 0.2) is 0 Å². The molecule has 0 aliphatic rings. The Hall–Kier alpha value is -1.39. The van der Waals surface area contributed by atoms with Gasteiger partial charge in [-0.05, 0) is 13.8 Å². The fraction of sp³-hybridized carbons (Fsp3) is 0.571. The van der Waals surface area contributed by atoms with Gasteiger partial charge in [0, 0.05) is 13.1 Å². The second-order valence-electron chi connectivity index (χ2n) is 2.27. The van der Waals surface area contributed by atoms with E-state index in [-0.39, 0.29) is 0 Å². The van der Waals surface area contributed by atoms with E-state index in [1.807, 2.05) is 0 Å². The maximum atomic E-state index is 11.1. The Kier molecular flexibility index (Phi) is 2.42. The van der Waals surface area contributed by atoms with Gasteiger partial charge in [-0.3, -0.25) is 14.2 Å². The van der Waals surface area contributed by atoms with Crippen LogP contribution in [-0.2, 0) is 13.1 Å². The third kappa shape index (κ3) is 1.30. The first-order chi connectivity index (χ1) is 5.70. The van der Waals surface area contributed by atoms with Gasteiger partial charge in [0.2, 0.25) is 6.33 Å². The van der Waals surface area contributed by atoms with Crippen molar-refractivity contribution in [3.05, 3.63) is 27.0 Å². The zero-order valence-electron chi connectivity index (χ0n) is 7.07. The molecular formula is C7H10N3O2. The minimum atomic E-state index is -0.585. The monoisotopic (exact) mass is 168 g/mol. The molecule has 1 radical (unpaired) electrons. The molecule has 0 atom stereocenters. The molecule has 0 aliphatic heterocycles. The zero-order chi connectivity index (χ0) is 9.14. The number of hydrogen-bond donors (Lipinski definition) is 0. The fourth-order valence-electron chi connectivity index (χ4n) is 0.853. The highest BCUT2D eigenvalue weighted by atomic mass is 16.2. The Morgan fingerprint density at radius 3 is 2.42 bits per heavy atom. The highest BCUT2D eigenvalue weighted by Gasteiger charge is 2.02. The predicted octanol–water partition coefficient (Wildman–Crippen LogP) is -0.755. The zero-order valence-corrected chi connectivity index (χ0v) is 7.07. The summed E-state index contributed by atoms with van der Waals surface area (Å²) in [6.45, 7) is 4.33. The number of nitrogens with zero attached hydrogens (tertiary/aromatic N) is 3. The number of aryl methyl sites for hydroxylation is 2. The van der Waals surface area contributed by atoms with E-state index in [2.05, 4.69) is 11.4 Å². The first-order valence-electron chi connectivity index (χ1n) is 3.80. The van der Waals surface area contributed by atoms with Crippen LogP contribution >= 0.6 is 0 Å². The van der Waals surface area contributed by atoms with Crippen LogP contribution in [0.5, 0.6) is 0 Å². The van der Waals surface area contributed by atoms with E-state index in [0.717, 1.165) is 9.25 Å². The molecule has 0 bridgehead atoms. The SMILES string of the molecule is CCn1[c]nn(CC)c(=O)c1=O. The lowest BCUT2D eigenvalue weighted by Gasteiger charge is -2.00. The van der Waals surface area contributed by atoms with Crippen LogP contribution in [0.4, 0.5) is 0 Å². The van der Waals surface area contributed by atoms with Gasteiger partial charge >= 0.3 is 11.1 Å². The summed E-state index contributed by atoms with van der Waals surface area (Å²) in [4.78, 5) is 22.3. The number of rotatable bonds is 2. The Morgan fingerprint density at radius 2 is 1.92 bits per heavy atom. The van der Waals surface area contributed by atoms with Crippen LogP contribution in [0, 0.1) is 6.33 Å². The third-order valence-electron chi connectivity index (χ3n) is 1.56. The lowest BCUT2D eigenvalue weighted by molar-refractivity contribution is 0.545. The fourth-order valence-corrected chi connectivity index (χ4v) is 0.853. The highest BCUT2D eigenvalue weighted by molar-refractivity contribution is 4.75. The summed E-state index contributed by atoms with van der Waals surface area (Å²) in [5.41, 5.74) is -1.15. The smallest absolute Gasteiger partial charge is 0.284 e. The molecule has 0 N–H and O–H groups in total. The maximum absolute atomic E-state index is 11.1. The molecule has 5 heteroatoms. The summed E-state index contributed by atoms with van der Waals surface area (Å²) in [7, 11) is 0. The van der Waals surface area contributed by atoms with Crippen LogP contribution in [0.25, 0.3) is 0 Å². The summed E-state index contributed by atoms with van der Waals surface area (Å²) in [5, 5.41) is 3.67. The molecule has 1 aromatic heterocycles. The summed E-state index contributed by atoms with van der Waals surface area (Å²) in [5.74, 6) is 0. The average molecular weight is 168 g/mol. The van der Waals surface area contributed by atoms with Crippen molar-refractivity contribution in [2.45, 2.75) is 26.9 Å². The summed E-state index contributed by atoms with van der Waals surface area (Å²) < 4.78 is 2.25. The predicted molar refractivity (Wildman–Crippen MR) is 42.9 cm³/mol. The van der Waals surface area contributed by atoms with Crippen molar-refractivity contribution in [3.63, 3.8) is 0 Å². The second kappa shape index (κ2) is 3.34. The minimum Gasteiger partial charge on any atom is -0.284 e. The quantitative estimate of drug-likeness (QED) is 0.546. The van der Waals surface area contributed by atoms with Crippen molar-refractivity contribution >= 4 is 0 Å². The van der Waals surface area contributed by atoms with E-state index in [9.17, 15) is 9.59 Å². The number of hydrogen-bond acceptors (Lipinski definition) is 3. The van der Waals surface area contributed by atoms with Gasteiger partial charge in [0.05, 0.1) is 0 Å². The molecule has 0 aromatic carbocycles. The summed E-state index contributed by atoms with van der Waals surface area (Å²) in [6.07, 6.45) is 2.46. The van der Waals surface area contributed by atoms with E-state index in [0.29, 0.717) is 13.1 Å². The first kappa shape index (κ1) is 8.70. The molecule has 1 aromatic rings. The van der Waals surface area contributed by atoms with Crippen LogP contribution in [0.15, 0.2) is 9.59 Å². The van der Waals surface area contributed by atoms with E-state index in [1.54, 1.807) is 13.8 Å². The van der Waals surface area contributed by atoms with Crippen molar-refractivity contribution in [1.82, 2.24) is 14.3 Å². The van der Waals surface area contributed by atoms with Gasteiger partial charge in [-0.1, -0.05) is 0 Å². The Morgan fingerprint density at radius 1 is 1.25 bits per heavy atom. The molecule has 0 saturated carbocycles. The van der Waals surface area contributed by atoms with Gasteiger partial charge in [-0.15, -0.1) is 5.10 Å². The van der Waals surface area contributed by atoms with Crippen LogP contribution in [0.2, 0.25) is 0 Å². The van der Waals surface area contributed by atoms with Crippen molar-refractivity contribution in [3.8, 4) is 0 Å². The molecule has 65 valence electrons. The van der Waals surface area contributed by atoms with Gasteiger partial charge in [0.25, 0.3) is 0 Å². The van der Waals surface area contributed by atoms with Crippen molar-refractivity contribution in [2.75, 3.05) is 0 Å². The Labute approximate surface area is 69.3 Å². The molecule has 0 spiro atoms. The highest BCUT2D eigenvalue weighted by Crippen LogP contribution is 1.72.